The lowest BCUT2D eigenvalue weighted by molar-refractivity contribution is -0.122. The number of nitrogens with one attached hydrogen (secondary N) is 1. The van der Waals surface area contributed by atoms with Crippen LogP contribution in [0, 0.1) is 5.92 Å². The van der Waals surface area contributed by atoms with E-state index in [0.29, 0.717) is 19.1 Å². The average Bonchev–Trinajstić information content (AvgIpc) is 2.17. The van der Waals surface area contributed by atoms with E-state index in [1.807, 2.05) is 0 Å². The van der Waals surface area contributed by atoms with Crippen molar-refractivity contribution in [2.75, 3.05) is 13.7 Å². The highest BCUT2D eigenvalue weighted by atomic mass is 16.5. The zero-order valence-corrected chi connectivity index (χ0v) is 11.2. The molecule has 3 nitrogen and oxygen atoms in total. The number of amides is 1. The topological polar surface area (TPSA) is 38.3 Å². The third kappa shape index (κ3) is 9.97. The second-order valence-electron chi connectivity index (χ2n) is 4.89. The summed E-state index contributed by atoms with van der Waals surface area (Å²) < 4.78 is 4.91. The van der Waals surface area contributed by atoms with Gasteiger partial charge in [-0.05, 0) is 25.7 Å². The Hall–Kier alpha value is -0.570. The van der Waals surface area contributed by atoms with Gasteiger partial charge in [0, 0.05) is 26.2 Å². The molecule has 96 valence electrons. The van der Waals surface area contributed by atoms with Crippen LogP contribution in [0.4, 0.5) is 0 Å². The second kappa shape index (κ2) is 9.64. The van der Waals surface area contributed by atoms with Gasteiger partial charge in [0.25, 0.3) is 0 Å². The van der Waals surface area contributed by atoms with Crippen molar-refractivity contribution < 1.29 is 9.53 Å². The number of ether oxygens (including phenoxy) is 1. The molecule has 0 saturated heterocycles. The van der Waals surface area contributed by atoms with Crippen LogP contribution in [-0.2, 0) is 9.53 Å². The fourth-order valence-electron chi connectivity index (χ4n) is 1.63. The lowest BCUT2D eigenvalue weighted by atomic mass is 10.0. The number of hydrogen-bond acceptors (Lipinski definition) is 2. The molecule has 1 unspecified atom stereocenters. The average molecular weight is 229 g/mol. The summed E-state index contributed by atoms with van der Waals surface area (Å²) in [7, 11) is 1.66. The number of carbonyl (C=O) groups excluding carboxylic acids is 1. The molecule has 1 N–H and O–H groups in total. The van der Waals surface area contributed by atoms with Gasteiger partial charge >= 0.3 is 0 Å². The van der Waals surface area contributed by atoms with Crippen molar-refractivity contribution in [2.45, 2.75) is 58.9 Å². The van der Waals surface area contributed by atoms with Crippen molar-refractivity contribution in [3.8, 4) is 0 Å². The zero-order chi connectivity index (χ0) is 12.4. The highest BCUT2D eigenvalue weighted by molar-refractivity contribution is 5.76. The van der Waals surface area contributed by atoms with Crippen LogP contribution in [0.15, 0.2) is 0 Å². The Morgan fingerprint density at radius 3 is 2.44 bits per heavy atom. The standard InChI is InChI=1S/C13H27NO2/c1-11(2)7-5-8-12(3)14-13(15)9-6-10-16-4/h11-12H,5-10H2,1-4H3,(H,14,15). The van der Waals surface area contributed by atoms with Crippen LogP contribution in [0.25, 0.3) is 0 Å². The predicted octanol–water partition coefficient (Wildman–Crippen LogP) is 2.74. The molecular formula is C13H27NO2. The summed E-state index contributed by atoms with van der Waals surface area (Å²) in [5, 5.41) is 3.02. The first-order valence-corrected chi connectivity index (χ1v) is 6.34. The van der Waals surface area contributed by atoms with Crippen LogP contribution in [0.1, 0.15) is 52.9 Å². The van der Waals surface area contributed by atoms with E-state index in [1.165, 1.54) is 12.8 Å². The molecule has 0 fully saturated rings. The monoisotopic (exact) mass is 229 g/mol. The minimum absolute atomic E-state index is 0.147. The third-order valence-electron chi connectivity index (χ3n) is 2.58. The van der Waals surface area contributed by atoms with E-state index in [4.69, 9.17) is 4.74 Å². The van der Waals surface area contributed by atoms with Crippen molar-refractivity contribution in [3.63, 3.8) is 0 Å². The van der Waals surface area contributed by atoms with Gasteiger partial charge in [0.05, 0.1) is 0 Å². The van der Waals surface area contributed by atoms with Crippen molar-refractivity contribution in [2.24, 2.45) is 5.92 Å². The first-order valence-electron chi connectivity index (χ1n) is 6.34. The number of carbonyl (C=O) groups is 1. The van der Waals surface area contributed by atoms with Gasteiger partial charge in [-0.1, -0.05) is 26.7 Å². The Morgan fingerprint density at radius 2 is 1.88 bits per heavy atom. The maximum atomic E-state index is 11.5. The van der Waals surface area contributed by atoms with E-state index in [2.05, 4.69) is 26.1 Å². The Balaban J connectivity index is 3.46. The summed E-state index contributed by atoms with van der Waals surface area (Å²) in [6.07, 6.45) is 4.89. The molecule has 0 radical (unpaired) electrons. The van der Waals surface area contributed by atoms with E-state index in [9.17, 15) is 4.79 Å². The molecule has 0 aromatic rings. The summed E-state index contributed by atoms with van der Waals surface area (Å²) >= 11 is 0. The number of hydrogen-bond donors (Lipinski definition) is 1. The fourth-order valence-corrected chi connectivity index (χ4v) is 1.63. The number of rotatable bonds is 9. The molecule has 1 atom stereocenters. The molecule has 0 bridgehead atoms. The second-order valence-corrected chi connectivity index (χ2v) is 4.89. The smallest absolute Gasteiger partial charge is 0.220 e. The predicted molar refractivity (Wildman–Crippen MR) is 67.4 cm³/mol. The molecule has 0 aromatic heterocycles. The molecule has 1 amide bonds. The van der Waals surface area contributed by atoms with Crippen molar-refractivity contribution in [1.29, 1.82) is 0 Å². The zero-order valence-electron chi connectivity index (χ0n) is 11.2. The minimum Gasteiger partial charge on any atom is -0.385 e. The summed E-state index contributed by atoms with van der Waals surface area (Å²) in [6, 6.07) is 0.300. The van der Waals surface area contributed by atoms with Gasteiger partial charge in [-0.2, -0.15) is 0 Å². The van der Waals surface area contributed by atoms with Crippen LogP contribution in [0.2, 0.25) is 0 Å². The first kappa shape index (κ1) is 15.4. The molecule has 0 aliphatic rings. The summed E-state index contributed by atoms with van der Waals surface area (Å²) in [4.78, 5) is 11.5. The van der Waals surface area contributed by atoms with Crippen LogP contribution >= 0.6 is 0 Å². The van der Waals surface area contributed by atoms with Gasteiger partial charge in [0.2, 0.25) is 5.91 Å². The first-order chi connectivity index (χ1) is 7.56. The van der Waals surface area contributed by atoms with Crippen molar-refractivity contribution >= 4 is 5.91 Å². The van der Waals surface area contributed by atoms with E-state index >= 15 is 0 Å². The highest BCUT2D eigenvalue weighted by Crippen LogP contribution is 2.08. The van der Waals surface area contributed by atoms with Crippen molar-refractivity contribution in [3.05, 3.63) is 0 Å². The molecule has 0 aliphatic carbocycles. The normalized spacial score (nSPS) is 12.8. The van der Waals surface area contributed by atoms with E-state index < -0.39 is 0 Å². The molecular weight excluding hydrogens is 202 g/mol. The number of methoxy groups -OCH3 is 1. The SMILES string of the molecule is COCCCC(=O)NC(C)CCCC(C)C. The molecule has 16 heavy (non-hydrogen) atoms. The van der Waals surface area contributed by atoms with Crippen LogP contribution in [0.5, 0.6) is 0 Å². The van der Waals surface area contributed by atoms with Gasteiger partial charge in [0.1, 0.15) is 0 Å². The van der Waals surface area contributed by atoms with Crippen LogP contribution < -0.4 is 5.32 Å². The quantitative estimate of drug-likeness (QED) is 0.617. The largest absolute Gasteiger partial charge is 0.385 e. The van der Waals surface area contributed by atoms with E-state index in [0.717, 1.165) is 18.8 Å². The highest BCUT2D eigenvalue weighted by Gasteiger charge is 2.07. The van der Waals surface area contributed by atoms with Gasteiger partial charge in [0.15, 0.2) is 0 Å². The van der Waals surface area contributed by atoms with Crippen LogP contribution in [-0.4, -0.2) is 25.7 Å². The molecule has 0 spiro atoms. The third-order valence-corrected chi connectivity index (χ3v) is 2.58. The Bertz CT molecular complexity index is 181. The molecule has 0 heterocycles. The lowest BCUT2D eigenvalue weighted by Gasteiger charge is -2.14. The van der Waals surface area contributed by atoms with Gasteiger partial charge in [-0.3, -0.25) is 4.79 Å². The fraction of sp³-hybridized carbons (Fsp3) is 0.923. The summed E-state index contributed by atoms with van der Waals surface area (Å²) in [5.74, 6) is 0.902. The van der Waals surface area contributed by atoms with Gasteiger partial charge < -0.3 is 10.1 Å². The summed E-state index contributed by atoms with van der Waals surface area (Å²) in [6.45, 7) is 7.20. The molecule has 0 aliphatic heterocycles. The Labute approximate surface area is 99.9 Å². The van der Waals surface area contributed by atoms with E-state index in [-0.39, 0.29) is 5.91 Å². The maximum absolute atomic E-state index is 11.5. The summed E-state index contributed by atoms with van der Waals surface area (Å²) in [5.41, 5.74) is 0. The van der Waals surface area contributed by atoms with Crippen LogP contribution in [0.3, 0.4) is 0 Å². The lowest BCUT2D eigenvalue weighted by Crippen LogP contribution is -2.32. The molecule has 0 saturated carbocycles. The Kier molecular flexibility index (Phi) is 9.30. The van der Waals surface area contributed by atoms with Gasteiger partial charge in [-0.15, -0.1) is 0 Å². The molecule has 0 aromatic carbocycles. The van der Waals surface area contributed by atoms with E-state index in [1.54, 1.807) is 7.11 Å². The Morgan fingerprint density at radius 1 is 1.19 bits per heavy atom. The van der Waals surface area contributed by atoms with Gasteiger partial charge in [-0.25, -0.2) is 0 Å². The minimum atomic E-state index is 0.147. The maximum Gasteiger partial charge on any atom is 0.220 e. The molecule has 3 heteroatoms. The van der Waals surface area contributed by atoms with Crippen molar-refractivity contribution in [1.82, 2.24) is 5.32 Å². The molecule has 0 rings (SSSR count).